The van der Waals surface area contributed by atoms with Crippen molar-refractivity contribution in [3.63, 3.8) is 0 Å². The molecule has 172 valence electrons. The molecule has 0 aromatic heterocycles. The number of aromatic hydroxyl groups is 1. The fourth-order valence-corrected chi connectivity index (χ4v) is 5.78. The number of phenolic OH excluding ortho intramolecular Hbond substituents is 1. The van der Waals surface area contributed by atoms with Gasteiger partial charge in [-0.05, 0) is 82.8 Å². The zero-order chi connectivity index (χ0) is 22.8. The summed E-state index contributed by atoms with van der Waals surface area (Å²) >= 11 is 0. The van der Waals surface area contributed by atoms with Gasteiger partial charge < -0.3 is 20.0 Å². The lowest BCUT2D eigenvalue weighted by molar-refractivity contribution is -0.161. The molecule has 31 heavy (non-hydrogen) atoms. The first-order valence-electron chi connectivity index (χ1n) is 11.6. The van der Waals surface area contributed by atoms with Crippen LogP contribution in [0.3, 0.4) is 0 Å². The smallest absolute Gasteiger partial charge is 0.219 e. The van der Waals surface area contributed by atoms with E-state index in [9.17, 15) is 19.8 Å². The third kappa shape index (κ3) is 4.51. The molecule has 1 aromatic rings. The van der Waals surface area contributed by atoms with Gasteiger partial charge in [0.2, 0.25) is 5.91 Å². The predicted molar refractivity (Wildman–Crippen MR) is 121 cm³/mol. The number of nitrogens with zero attached hydrogens (tertiary/aromatic N) is 2. The van der Waals surface area contributed by atoms with Crippen molar-refractivity contribution in [2.45, 2.75) is 82.8 Å². The molecular weight excluding hydrogens is 392 g/mol. The molecule has 2 heterocycles. The highest BCUT2D eigenvalue weighted by Gasteiger charge is 2.60. The Kier molecular flexibility index (Phi) is 7.11. The van der Waals surface area contributed by atoms with Gasteiger partial charge >= 0.3 is 0 Å². The van der Waals surface area contributed by atoms with E-state index < -0.39 is 11.0 Å². The van der Waals surface area contributed by atoms with Gasteiger partial charge in [-0.3, -0.25) is 9.59 Å². The number of likely N-dealkylation sites (N-methyl/N-ethyl adjacent to an activating group) is 1. The monoisotopic (exact) mass is 430 g/mol. The maximum atomic E-state index is 12.2. The average molecular weight is 431 g/mol. The van der Waals surface area contributed by atoms with Crippen LogP contribution >= 0.6 is 0 Å². The lowest BCUT2D eigenvalue weighted by Crippen LogP contribution is -2.69. The first kappa shape index (κ1) is 23.7. The Balaban J connectivity index is 0.000000254. The Morgan fingerprint density at radius 3 is 2.42 bits per heavy atom. The fraction of sp³-hybridized carbons (Fsp3) is 0.680. The molecule has 3 fully saturated rings. The molecule has 1 aliphatic carbocycles. The van der Waals surface area contributed by atoms with Crippen molar-refractivity contribution < 1.29 is 19.8 Å². The lowest BCUT2D eigenvalue weighted by Gasteiger charge is -2.59. The van der Waals surface area contributed by atoms with Crippen LogP contribution in [-0.2, 0) is 15.0 Å². The molecule has 6 heteroatoms. The van der Waals surface area contributed by atoms with Gasteiger partial charge in [-0.1, -0.05) is 6.07 Å². The number of likely N-dealkylation sites (tertiary alicyclic amines) is 2. The van der Waals surface area contributed by atoms with Crippen molar-refractivity contribution in [2.75, 3.05) is 26.7 Å². The summed E-state index contributed by atoms with van der Waals surface area (Å²) in [6.45, 7) is 8.48. The summed E-state index contributed by atoms with van der Waals surface area (Å²) in [5, 5.41) is 21.5. The van der Waals surface area contributed by atoms with Crippen LogP contribution in [0.4, 0.5) is 0 Å². The number of hydrogen-bond donors (Lipinski definition) is 2. The largest absolute Gasteiger partial charge is 0.508 e. The Labute approximate surface area is 186 Å². The highest BCUT2D eigenvalue weighted by atomic mass is 16.3. The molecule has 0 bridgehead atoms. The molecule has 6 nitrogen and oxygen atoms in total. The number of aliphatic hydroxyl groups is 1. The number of benzene rings is 1. The van der Waals surface area contributed by atoms with Crippen LogP contribution in [-0.4, -0.2) is 70.0 Å². The van der Waals surface area contributed by atoms with Gasteiger partial charge in [-0.2, -0.15) is 0 Å². The Hall–Kier alpha value is -1.92. The highest BCUT2D eigenvalue weighted by molar-refractivity contribution is 5.82. The quantitative estimate of drug-likeness (QED) is 0.715. The van der Waals surface area contributed by atoms with E-state index in [1.54, 1.807) is 19.1 Å². The molecule has 3 atom stereocenters. The van der Waals surface area contributed by atoms with Crippen LogP contribution < -0.4 is 0 Å². The van der Waals surface area contributed by atoms with E-state index in [1.165, 1.54) is 19.3 Å². The summed E-state index contributed by atoms with van der Waals surface area (Å²) in [6.07, 6.45) is 5.72. The summed E-state index contributed by atoms with van der Waals surface area (Å²) in [5.74, 6) is 0.640. The number of hydrogen-bond acceptors (Lipinski definition) is 5. The number of amides is 1. The molecule has 1 saturated carbocycles. The highest BCUT2D eigenvalue weighted by Crippen LogP contribution is 2.53. The Bertz CT molecular complexity index is 820. The molecule has 2 saturated heterocycles. The van der Waals surface area contributed by atoms with Gasteiger partial charge in [0.15, 0.2) is 0 Å². The topological polar surface area (TPSA) is 81.1 Å². The number of aryl methyl sites for hydroxylation is 1. The molecule has 0 radical (unpaired) electrons. The van der Waals surface area contributed by atoms with Crippen LogP contribution in [0.1, 0.15) is 69.9 Å². The van der Waals surface area contributed by atoms with Crippen molar-refractivity contribution in [1.82, 2.24) is 9.80 Å². The van der Waals surface area contributed by atoms with E-state index in [0.29, 0.717) is 19.3 Å². The fourth-order valence-electron chi connectivity index (χ4n) is 5.78. The minimum atomic E-state index is -0.938. The van der Waals surface area contributed by atoms with E-state index in [4.69, 9.17) is 0 Å². The Morgan fingerprint density at radius 2 is 1.81 bits per heavy atom. The molecular formula is C25H38N2O4. The third-order valence-corrected chi connectivity index (χ3v) is 7.89. The van der Waals surface area contributed by atoms with Gasteiger partial charge in [0.25, 0.3) is 0 Å². The average Bonchev–Trinajstić information content (AvgIpc) is 2.75. The minimum absolute atomic E-state index is 0.0175. The van der Waals surface area contributed by atoms with Crippen molar-refractivity contribution >= 4 is 11.7 Å². The summed E-state index contributed by atoms with van der Waals surface area (Å²) in [4.78, 5) is 27.1. The molecule has 1 aromatic carbocycles. The SMILES string of the molecule is CC(=O)N1CCCCC1.Cc1ccc(O)cc1C12CCN(C)C(C)C1(O)CCC(=O)C2. The summed E-state index contributed by atoms with van der Waals surface area (Å²) in [7, 11) is 2.03. The van der Waals surface area contributed by atoms with E-state index in [0.717, 1.165) is 37.2 Å². The second kappa shape index (κ2) is 9.29. The molecule has 0 spiro atoms. The number of carbonyl (C=O) groups is 2. The number of fused-ring (bicyclic) bond motifs is 1. The zero-order valence-electron chi connectivity index (χ0n) is 19.5. The van der Waals surface area contributed by atoms with Crippen LogP contribution in [0, 0.1) is 6.92 Å². The standard InChI is InChI=1S/C18H25NO3.C7H13NO/c1-12-4-5-14(20)10-16(12)17-8-9-19(3)13(2)18(17,22)7-6-15(21)11-17;1-7(9)8-5-3-2-4-6-8/h4-5,10,13,20,22H,6-9,11H2,1-3H3;2-6H2,1H3. The molecule has 2 N–H and O–H groups in total. The van der Waals surface area contributed by atoms with Crippen LogP contribution in [0.2, 0.25) is 0 Å². The van der Waals surface area contributed by atoms with Gasteiger partial charge in [0.1, 0.15) is 11.5 Å². The van der Waals surface area contributed by atoms with E-state index in [-0.39, 0.29) is 23.5 Å². The van der Waals surface area contributed by atoms with E-state index >= 15 is 0 Å². The normalized spacial score (nSPS) is 31.5. The van der Waals surface area contributed by atoms with Gasteiger partial charge in [0.05, 0.1) is 5.60 Å². The first-order chi connectivity index (χ1) is 14.6. The second-order valence-corrected chi connectivity index (χ2v) is 9.69. The zero-order valence-corrected chi connectivity index (χ0v) is 19.5. The maximum absolute atomic E-state index is 12.2. The lowest BCUT2D eigenvalue weighted by atomic mass is 9.53. The van der Waals surface area contributed by atoms with E-state index in [1.807, 2.05) is 31.9 Å². The number of ketones is 1. The van der Waals surface area contributed by atoms with Crippen molar-refractivity contribution in [2.24, 2.45) is 0 Å². The molecule has 2 aliphatic heterocycles. The van der Waals surface area contributed by atoms with Gasteiger partial charge in [0, 0.05) is 44.3 Å². The molecule has 3 unspecified atom stereocenters. The number of rotatable bonds is 1. The van der Waals surface area contributed by atoms with Gasteiger partial charge in [-0.15, -0.1) is 0 Å². The number of carbonyl (C=O) groups excluding carboxylic acids is 2. The van der Waals surface area contributed by atoms with Crippen molar-refractivity contribution in [3.8, 4) is 5.75 Å². The van der Waals surface area contributed by atoms with Crippen LogP contribution in [0.5, 0.6) is 5.75 Å². The van der Waals surface area contributed by atoms with Crippen molar-refractivity contribution in [1.29, 1.82) is 0 Å². The second-order valence-electron chi connectivity index (χ2n) is 9.69. The molecule has 3 aliphatic rings. The summed E-state index contributed by atoms with van der Waals surface area (Å²) in [6, 6.07) is 5.27. The minimum Gasteiger partial charge on any atom is -0.508 e. The predicted octanol–water partition coefficient (Wildman–Crippen LogP) is 3.17. The Morgan fingerprint density at radius 1 is 1.13 bits per heavy atom. The van der Waals surface area contributed by atoms with Gasteiger partial charge in [-0.25, -0.2) is 0 Å². The summed E-state index contributed by atoms with van der Waals surface area (Å²) in [5.41, 5.74) is 0.439. The van der Waals surface area contributed by atoms with Crippen LogP contribution in [0.15, 0.2) is 18.2 Å². The summed E-state index contributed by atoms with van der Waals surface area (Å²) < 4.78 is 0. The van der Waals surface area contributed by atoms with Crippen LogP contribution in [0.25, 0.3) is 0 Å². The van der Waals surface area contributed by atoms with E-state index in [2.05, 4.69) is 4.90 Å². The third-order valence-electron chi connectivity index (χ3n) is 7.89. The number of piperidine rings is 2. The van der Waals surface area contributed by atoms with Crippen molar-refractivity contribution in [3.05, 3.63) is 29.3 Å². The first-order valence-corrected chi connectivity index (χ1v) is 11.6. The number of phenols is 1. The molecule has 1 amide bonds. The maximum Gasteiger partial charge on any atom is 0.219 e. The number of Topliss-reactive ketones (excluding diaryl/α,β-unsaturated/α-hetero) is 1. The molecule has 4 rings (SSSR count).